The molecule has 0 radical (unpaired) electrons. The summed E-state index contributed by atoms with van der Waals surface area (Å²) in [6.45, 7) is 7.60. The Morgan fingerprint density at radius 3 is 2.48 bits per heavy atom. The lowest BCUT2D eigenvalue weighted by atomic mass is 10.1. The second-order valence-electron chi connectivity index (χ2n) is 6.33. The van der Waals surface area contributed by atoms with Crippen molar-refractivity contribution < 1.29 is 4.39 Å². The van der Waals surface area contributed by atoms with E-state index in [0.29, 0.717) is 11.6 Å². The van der Waals surface area contributed by atoms with E-state index in [2.05, 4.69) is 16.8 Å². The third kappa shape index (κ3) is 4.95. The Balaban J connectivity index is 2.24. The largest absolute Gasteiger partial charge is 0.370 e. The van der Waals surface area contributed by atoms with Gasteiger partial charge in [0.25, 0.3) is 0 Å². The van der Waals surface area contributed by atoms with Crippen LogP contribution in [-0.2, 0) is 6.54 Å². The van der Waals surface area contributed by atoms with E-state index in [-0.39, 0.29) is 5.82 Å². The summed E-state index contributed by atoms with van der Waals surface area (Å²) in [5, 5.41) is 0.615. The molecule has 25 heavy (non-hydrogen) atoms. The fourth-order valence-electron chi connectivity index (χ4n) is 2.59. The van der Waals surface area contributed by atoms with Crippen LogP contribution >= 0.6 is 11.6 Å². The maximum absolute atomic E-state index is 13.3. The SMILES string of the molecule is CCN(C)/C=N\c1cc(C)c(N(C)Cc2ccc(F)cc2C)cc1Cl. The fourth-order valence-corrected chi connectivity index (χ4v) is 2.79. The molecule has 0 N–H and O–H groups in total. The number of benzene rings is 2. The van der Waals surface area contributed by atoms with Crippen molar-refractivity contribution in [3.63, 3.8) is 0 Å². The van der Waals surface area contributed by atoms with Gasteiger partial charge in [-0.2, -0.15) is 0 Å². The van der Waals surface area contributed by atoms with E-state index in [0.717, 1.165) is 34.6 Å². The van der Waals surface area contributed by atoms with Crippen LogP contribution in [-0.4, -0.2) is 31.9 Å². The first-order valence-corrected chi connectivity index (χ1v) is 8.70. The van der Waals surface area contributed by atoms with Crippen LogP contribution in [0, 0.1) is 19.7 Å². The topological polar surface area (TPSA) is 18.8 Å². The number of anilines is 1. The van der Waals surface area contributed by atoms with E-state index >= 15 is 0 Å². The Kier molecular flexibility index (Phi) is 6.43. The van der Waals surface area contributed by atoms with Crippen LogP contribution in [0.1, 0.15) is 23.6 Å². The van der Waals surface area contributed by atoms with Gasteiger partial charge >= 0.3 is 0 Å². The van der Waals surface area contributed by atoms with E-state index < -0.39 is 0 Å². The minimum atomic E-state index is -0.206. The minimum absolute atomic E-state index is 0.206. The lowest BCUT2D eigenvalue weighted by Crippen LogP contribution is -2.18. The van der Waals surface area contributed by atoms with Crippen molar-refractivity contribution in [1.82, 2.24) is 4.90 Å². The molecular weight excluding hydrogens is 337 g/mol. The molecule has 2 rings (SSSR count). The molecule has 0 amide bonds. The smallest absolute Gasteiger partial charge is 0.123 e. The molecule has 0 heterocycles. The summed E-state index contributed by atoms with van der Waals surface area (Å²) in [5.74, 6) is -0.206. The number of nitrogens with zero attached hydrogens (tertiary/aromatic N) is 3. The summed E-state index contributed by atoms with van der Waals surface area (Å²) in [6, 6.07) is 8.82. The Morgan fingerprint density at radius 1 is 1.12 bits per heavy atom. The Labute approximate surface area is 154 Å². The normalized spacial score (nSPS) is 11.2. The zero-order chi connectivity index (χ0) is 18.6. The third-order valence-electron chi connectivity index (χ3n) is 4.28. The standard InChI is InChI=1S/C20H25ClFN3/c1-6-24(4)13-23-19-10-15(3)20(11-18(19)21)25(5)12-16-7-8-17(22)9-14(16)2/h7-11,13H,6,12H2,1-5H3/b23-13-. The van der Waals surface area contributed by atoms with Gasteiger partial charge in [0.05, 0.1) is 17.0 Å². The molecule has 0 spiro atoms. The highest BCUT2D eigenvalue weighted by Gasteiger charge is 2.11. The third-order valence-corrected chi connectivity index (χ3v) is 4.58. The van der Waals surface area contributed by atoms with E-state index in [1.165, 1.54) is 6.07 Å². The van der Waals surface area contributed by atoms with Crippen molar-refractivity contribution >= 4 is 29.3 Å². The maximum atomic E-state index is 13.3. The Hall–Kier alpha value is -2.07. The van der Waals surface area contributed by atoms with Crippen molar-refractivity contribution in [2.75, 3.05) is 25.5 Å². The van der Waals surface area contributed by atoms with Crippen molar-refractivity contribution in [3.05, 3.63) is 57.9 Å². The predicted octanol–water partition coefficient (Wildman–Crippen LogP) is 5.34. The molecular formula is C20H25ClFN3. The Bertz CT molecular complexity index is 774. The van der Waals surface area contributed by atoms with Crippen molar-refractivity contribution in [1.29, 1.82) is 0 Å². The van der Waals surface area contributed by atoms with Gasteiger partial charge in [-0.05, 0) is 61.7 Å². The summed E-state index contributed by atoms with van der Waals surface area (Å²) in [4.78, 5) is 8.56. The van der Waals surface area contributed by atoms with E-state index in [1.54, 1.807) is 12.4 Å². The first kappa shape index (κ1) is 19.3. The molecule has 0 fully saturated rings. The van der Waals surface area contributed by atoms with Gasteiger partial charge in [0, 0.05) is 32.9 Å². The molecule has 0 bridgehead atoms. The van der Waals surface area contributed by atoms with Crippen molar-refractivity contribution in [2.24, 2.45) is 4.99 Å². The van der Waals surface area contributed by atoms with Gasteiger partial charge in [0.15, 0.2) is 0 Å². The average molecular weight is 362 g/mol. The summed E-state index contributed by atoms with van der Waals surface area (Å²) < 4.78 is 13.3. The molecule has 0 aromatic heterocycles. The molecule has 0 unspecified atom stereocenters. The molecule has 3 nitrogen and oxygen atoms in total. The highest BCUT2D eigenvalue weighted by Crippen LogP contribution is 2.33. The molecule has 0 aliphatic rings. The second kappa shape index (κ2) is 8.34. The van der Waals surface area contributed by atoms with Gasteiger partial charge < -0.3 is 9.80 Å². The molecule has 0 aliphatic carbocycles. The van der Waals surface area contributed by atoms with Gasteiger partial charge in [-0.25, -0.2) is 9.38 Å². The predicted molar refractivity (Wildman–Crippen MR) is 106 cm³/mol. The van der Waals surface area contributed by atoms with E-state index in [9.17, 15) is 4.39 Å². The number of rotatable bonds is 6. The molecule has 0 aliphatic heterocycles. The molecule has 0 atom stereocenters. The van der Waals surface area contributed by atoms with Crippen LogP contribution < -0.4 is 4.90 Å². The first-order chi connectivity index (χ1) is 11.8. The molecule has 0 saturated heterocycles. The zero-order valence-electron chi connectivity index (χ0n) is 15.5. The average Bonchev–Trinajstić information content (AvgIpc) is 2.57. The minimum Gasteiger partial charge on any atom is -0.370 e. The lowest BCUT2D eigenvalue weighted by molar-refractivity contribution is 0.552. The molecule has 134 valence electrons. The van der Waals surface area contributed by atoms with Gasteiger partial charge in [-0.3, -0.25) is 0 Å². The van der Waals surface area contributed by atoms with Crippen LogP contribution in [0.15, 0.2) is 35.3 Å². The monoisotopic (exact) mass is 361 g/mol. The number of halogens is 2. The van der Waals surface area contributed by atoms with Crippen molar-refractivity contribution in [3.8, 4) is 0 Å². The van der Waals surface area contributed by atoms with Gasteiger partial charge in [0.1, 0.15) is 5.82 Å². The molecule has 5 heteroatoms. The van der Waals surface area contributed by atoms with Crippen LogP contribution in [0.5, 0.6) is 0 Å². The van der Waals surface area contributed by atoms with Crippen molar-refractivity contribution in [2.45, 2.75) is 27.3 Å². The summed E-state index contributed by atoms with van der Waals surface area (Å²) >= 11 is 6.42. The number of aryl methyl sites for hydroxylation is 2. The highest BCUT2D eigenvalue weighted by molar-refractivity contribution is 6.33. The van der Waals surface area contributed by atoms with E-state index in [1.807, 2.05) is 51.0 Å². The number of hydrogen-bond acceptors (Lipinski definition) is 2. The summed E-state index contributed by atoms with van der Waals surface area (Å²) in [7, 11) is 3.98. The van der Waals surface area contributed by atoms with E-state index in [4.69, 9.17) is 11.6 Å². The lowest BCUT2D eigenvalue weighted by Gasteiger charge is -2.23. The van der Waals surface area contributed by atoms with Crippen LogP contribution in [0.2, 0.25) is 5.02 Å². The van der Waals surface area contributed by atoms with Gasteiger partial charge in [-0.15, -0.1) is 0 Å². The maximum Gasteiger partial charge on any atom is 0.123 e. The molecule has 0 saturated carbocycles. The fraction of sp³-hybridized carbons (Fsp3) is 0.350. The van der Waals surface area contributed by atoms with Gasteiger partial charge in [0.2, 0.25) is 0 Å². The van der Waals surface area contributed by atoms with Crippen LogP contribution in [0.3, 0.4) is 0 Å². The summed E-state index contributed by atoms with van der Waals surface area (Å²) in [5.41, 5.74) is 4.93. The van der Waals surface area contributed by atoms with Gasteiger partial charge in [-0.1, -0.05) is 17.7 Å². The zero-order valence-corrected chi connectivity index (χ0v) is 16.2. The Morgan fingerprint density at radius 2 is 1.84 bits per heavy atom. The second-order valence-corrected chi connectivity index (χ2v) is 6.74. The molecule has 2 aromatic rings. The highest BCUT2D eigenvalue weighted by atomic mass is 35.5. The summed E-state index contributed by atoms with van der Waals surface area (Å²) in [6.07, 6.45) is 1.78. The van der Waals surface area contributed by atoms with Crippen LogP contribution in [0.25, 0.3) is 0 Å². The van der Waals surface area contributed by atoms with Crippen LogP contribution in [0.4, 0.5) is 15.8 Å². The first-order valence-electron chi connectivity index (χ1n) is 8.32. The molecule has 2 aromatic carbocycles. The quantitative estimate of drug-likeness (QED) is 0.510. The number of hydrogen-bond donors (Lipinski definition) is 0. The number of aliphatic imine (C=N–C) groups is 1.